The molecular weight excluding hydrogens is 460 g/mol. The highest BCUT2D eigenvalue weighted by Gasteiger charge is 2.45. The lowest BCUT2D eigenvalue weighted by molar-refractivity contribution is -0.138. The Balaban J connectivity index is 1.18. The molecule has 0 radical (unpaired) electrons. The van der Waals surface area contributed by atoms with Gasteiger partial charge in [-0.2, -0.15) is 0 Å². The number of aromatic nitrogens is 2. The second kappa shape index (κ2) is 7.99. The summed E-state index contributed by atoms with van der Waals surface area (Å²) in [5, 5.41) is 4.60. The van der Waals surface area contributed by atoms with Gasteiger partial charge in [-0.25, -0.2) is 9.97 Å². The number of hydrogen-bond donors (Lipinski definition) is 1. The van der Waals surface area contributed by atoms with Crippen LogP contribution in [0.2, 0.25) is 0 Å². The van der Waals surface area contributed by atoms with Gasteiger partial charge in [0.15, 0.2) is 0 Å². The minimum atomic E-state index is 0.0701. The van der Waals surface area contributed by atoms with Crippen molar-refractivity contribution >= 4 is 45.2 Å². The zero-order valence-electron chi connectivity index (χ0n) is 20.0. The number of thiophene rings is 1. The van der Waals surface area contributed by atoms with Crippen LogP contribution in [0.1, 0.15) is 34.4 Å². The summed E-state index contributed by atoms with van der Waals surface area (Å²) in [6.07, 6.45) is 7.22. The molecule has 0 saturated carbocycles. The maximum absolute atomic E-state index is 13.4. The minimum absolute atomic E-state index is 0.0701. The number of rotatable bonds is 4. The predicted molar refractivity (Wildman–Crippen MR) is 137 cm³/mol. The van der Waals surface area contributed by atoms with Crippen LogP contribution in [0.25, 0.3) is 10.2 Å². The van der Waals surface area contributed by atoms with Gasteiger partial charge >= 0.3 is 0 Å². The van der Waals surface area contributed by atoms with E-state index < -0.39 is 0 Å². The Kier molecular flexibility index (Phi) is 4.86. The fraction of sp³-hybridized carbons (Fsp3) is 0.462. The third-order valence-corrected chi connectivity index (χ3v) is 9.36. The molecule has 3 aromatic rings. The third-order valence-electron chi connectivity index (χ3n) is 8.20. The largest absolute Gasteiger partial charge is 0.495 e. The SMILES string of the molecule is COc1cc2c(cc1Nc1ncnc3sc4c(c13)CC[C@H](C(=O)N1C[C@H]3C[C@@H]1CN3C)C4)C=NC2. The molecule has 2 fully saturated rings. The van der Waals surface area contributed by atoms with E-state index in [-0.39, 0.29) is 5.92 Å². The first-order valence-corrected chi connectivity index (χ1v) is 13.1. The van der Waals surface area contributed by atoms with Crippen molar-refractivity contribution in [2.45, 2.75) is 44.3 Å². The Labute approximate surface area is 208 Å². The molecular formula is C26H28N6O2S. The molecule has 35 heavy (non-hydrogen) atoms. The Morgan fingerprint density at radius 2 is 2.14 bits per heavy atom. The van der Waals surface area contributed by atoms with Crippen molar-refractivity contribution in [3.63, 3.8) is 0 Å². The van der Waals surface area contributed by atoms with Crippen LogP contribution in [0.5, 0.6) is 5.75 Å². The normalized spacial score (nSPS) is 24.7. The number of piperazine rings is 1. The smallest absolute Gasteiger partial charge is 0.226 e. The summed E-state index contributed by atoms with van der Waals surface area (Å²) in [6, 6.07) is 5.06. The molecule has 9 heteroatoms. The molecule has 3 aliphatic heterocycles. The summed E-state index contributed by atoms with van der Waals surface area (Å²) in [5.41, 5.74) is 4.44. The maximum atomic E-state index is 13.4. The molecule has 0 unspecified atom stereocenters. The van der Waals surface area contributed by atoms with Crippen molar-refractivity contribution in [1.29, 1.82) is 0 Å². The number of carbonyl (C=O) groups excluding carboxylic acids is 1. The number of aryl methyl sites for hydroxylation is 1. The second-order valence-electron chi connectivity index (χ2n) is 10.2. The standard InChI is InChI=1S/C26H28N6O2S/c1-31-11-18-8-17(31)12-32(18)26(33)14-3-4-19-22(7-14)35-25-23(19)24(28-13-29-25)30-20-5-15-9-27-10-16(15)6-21(20)34-2/h5-6,9,13-14,17-18H,3-4,7-8,10-12H2,1-2H3,(H,28,29,30)/t14-,17+,18+/m0/s1. The molecule has 180 valence electrons. The lowest BCUT2D eigenvalue weighted by Crippen LogP contribution is -2.49. The first-order chi connectivity index (χ1) is 17.1. The van der Waals surface area contributed by atoms with Gasteiger partial charge in [-0.1, -0.05) is 0 Å². The number of aliphatic imine (C=N–C) groups is 1. The molecule has 3 atom stereocenters. The van der Waals surface area contributed by atoms with Crippen LogP contribution in [-0.2, 0) is 24.2 Å². The van der Waals surface area contributed by atoms with Crippen molar-refractivity contribution in [2.75, 3.05) is 32.6 Å². The van der Waals surface area contributed by atoms with E-state index in [9.17, 15) is 4.79 Å². The van der Waals surface area contributed by atoms with Crippen molar-refractivity contribution < 1.29 is 9.53 Å². The fourth-order valence-corrected chi connectivity index (χ4v) is 7.59. The maximum Gasteiger partial charge on any atom is 0.226 e. The van der Waals surface area contributed by atoms with E-state index >= 15 is 0 Å². The number of amides is 1. The molecule has 2 aromatic heterocycles. The molecule has 1 N–H and O–H groups in total. The number of likely N-dealkylation sites (tertiary alicyclic amines) is 2. The molecule has 1 aliphatic carbocycles. The average molecular weight is 489 g/mol. The van der Waals surface area contributed by atoms with Crippen LogP contribution in [0.15, 0.2) is 23.5 Å². The van der Waals surface area contributed by atoms with Crippen LogP contribution in [0.4, 0.5) is 11.5 Å². The van der Waals surface area contributed by atoms with Gasteiger partial charge in [-0.3, -0.25) is 14.7 Å². The Morgan fingerprint density at radius 3 is 2.94 bits per heavy atom. The third kappa shape index (κ3) is 3.36. The topological polar surface area (TPSA) is 82.9 Å². The molecule has 5 heterocycles. The van der Waals surface area contributed by atoms with Gasteiger partial charge in [-0.05, 0) is 61.6 Å². The van der Waals surface area contributed by atoms with E-state index in [1.807, 2.05) is 12.3 Å². The number of methoxy groups -OCH3 is 1. The summed E-state index contributed by atoms with van der Waals surface area (Å²) in [7, 11) is 3.86. The van der Waals surface area contributed by atoms with E-state index in [1.54, 1.807) is 24.8 Å². The number of anilines is 2. The van der Waals surface area contributed by atoms with Gasteiger partial charge in [0.2, 0.25) is 5.91 Å². The number of ether oxygens (including phenoxy) is 1. The first-order valence-electron chi connectivity index (χ1n) is 12.3. The molecule has 1 amide bonds. The summed E-state index contributed by atoms with van der Waals surface area (Å²) in [5.74, 6) is 2.00. The summed E-state index contributed by atoms with van der Waals surface area (Å²) < 4.78 is 5.66. The van der Waals surface area contributed by atoms with Crippen LogP contribution >= 0.6 is 11.3 Å². The highest BCUT2D eigenvalue weighted by molar-refractivity contribution is 7.19. The minimum Gasteiger partial charge on any atom is -0.495 e. The number of nitrogens with one attached hydrogen (secondary N) is 1. The lowest BCUT2D eigenvalue weighted by Gasteiger charge is -2.35. The van der Waals surface area contributed by atoms with Crippen LogP contribution in [-0.4, -0.2) is 71.2 Å². The lowest BCUT2D eigenvalue weighted by atomic mass is 9.86. The highest BCUT2D eigenvalue weighted by atomic mass is 32.1. The number of benzene rings is 1. The van der Waals surface area contributed by atoms with Crippen LogP contribution < -0.4 is 10.1 Å². The molecule has 7 rings (SSSR count). The van der Waals surface area contributed by atoms with Crippen molar-refractivity contribution in [2.24, 2.45) is 10.9 Å². The monoisotopic (exact) mass is 488 g/mol. The van der Waals surface area contributed by atoms with E-state index in [2.05, 4.69) is 43.2 Å². The van der Waals surface area contributed by atoms with Crippen molar-refractivity contribution in [3.8, 4) is 5.75 Å². The van der Waals surface area contributed by atoms with Gasteiger partial charge in [-0.15, -0.1) is 11.3 Å². The average Bonchev–Trinajstić information content (AvgIpc) is 3.64. The number of carbonyl (C=O) groups is 1. The van der Waals surface area contributed by atoms with E-state index in [1.165, 1.54) is 16.0 Å². The van der Waals surface area contributed by atoms with Gasteiger partial charge in [0.25, 0.3) is 0 Å². The van der Waals surface area contributed by atoms with Crippen LogP contribution in [0.3, 0.4) is 0 Å². The van der Waals surface area contributed by atoms with Gasteiger partial charge < -0.3 is 15.0 Å². The number of nitrogens with zero attached hydrogens (tertiary/aromatic N) is 5. The molecule has 2 bridgehead atoms. The zero-order valence-corrected chi connectivity index (χ0v) is 20.8. The quantitative estimate of drug-likeness (QED) is 0.606. The number of likely N-dealkylation sites (N-methyl/N-ethyl adjacent to an activating group) is 1. The van der Waals surface area contributed by atoms with Crippen LogP contribution in [0, 0.1) is 5.92 Å². The summed E-state index contributed by atoms with van der Waals surface area (Å²) in [6.45, 7) is 2.60. The van der Waals surface area contributed by atoms with E-state index in [0.717, 1.165) is 71.8 Å². The van der Waals surface area contributed by atoms with E-state index in [0.29, 0.717) is 24.5 Å². The Morgan fingerprint density at radius 1 is 1.23 bits per heavy atom. The molecule has 8 nitrogen and oxygen atoms in total. The van der Waals surface area contributed by atoms with E-state index in [4.69, 9.17) is 4.74 Å². The van der Waals surface area contributed by atoms with Gasteiger partial charge in [0, 0.05) is 42.2 Å². The Bertz CT molecular complexity index is 1380. The van der Waals surface area contributed by atoms with Crippen molar-refractivity contribution in [1.82, 2.24) is 19.8 Å². The second-order valence-corrected chi connectivity index (χ2v) is 11.2. The zero-order chi connectivity index (χ0) is 23.7. The summed E-state index contributed by atoms with van der Waals surface area (Å²) in [4.78, 5) is 33.8. The molecule has 2 saturated heterocycles. The highest BCUT2D eigenvalue weighted by Crippen LogP contribution is 2.42. The molecule has 1 aromatic carbocycles. The first kappa shape index (κ1) is 21.3. The van der Waals surface area contributed by atoms with Crippen molar-refractivity contribution in [3.05, 3.63) is 40.0 Å². The molecule has 4 aliphatic rings. The predicted octanol–water partition coefficient (Wildman–Crippen LogP) is 3.40. The Hall–Kier alpha value is -3.04. The fourth-order valence-electron chi connectivity index (χ4n) is 6.32. The molecule has 0 spiro atoms. The van der Waals surface area contributed by atoms with Gasteiger partial charge in [0.1, 0.15) is 22.7 Å². The number of hydrogen-bond acceptors (Lipinski definition) is 8. The number of fused-ring (bicyclic) bond motifs is 6. The van der Waals surface area contributed by atoms with Gasteiger partial charge in [0.05, 0.1) is 24.7 Å². The summed E-state index contributed by atoms with van der Waals surface area (Å²) >= 11 is 1.71.